The van der Waals surface area contributed by atoms with E-state index in [9.17, 15) is 9.59 Å². The second-order valence-electron chi connectivity index (χ2n) is 6.05. The molecule has 0 fully saturated rings. The molecule has 0 aliphatic carbocycles. The van der Waals surface area contributed by atoms with Crippen LogP contribution in [0.4, 0.5) is 0 Å². The zero-order valence-corrected chi connectivity index (χ0v) is 14.1. The van der Waals surface area contributed by atoms with E-state index in [-0.39, 0.29) is 18.6 Å². The number of benzene rings is 2. The lowest BCUT2D eigenvalue weighted by Crippen LogP contribution is -2.03. The molecule has 24 heavy (non-hydrogen) atoms. The zero-order chi connectivity index (χ0) is 17.4. The molecule has 0 bridgehead atoms. The molecule has 0 heterocycles. The maximum atomic E-state index is 11.9. The van der Waals surface area contributed by atoms with Crippen LogP contribution in [-0.2, 0) is 11.2 Å². The molecule has 0 spiro atoms. The van der Waals surface area contributed by atoms with Crippen molar-refractivity contribution in [1.82, 2.24) is 0 Å². The molecular weight excluding hydrogens is 300 g/mol. The van der Waals surface area contributed by atoms with Gasteiger partial charge in [0.25, 0.3) is 0 Å². The van der Waals surface area contributed by atoms with Gasteiger partial charge in [-0.05, 0) is 29.5 Å². The topological polar surface area (TPSA) is 54.4 Å². The molecule has 0 unspecified atom stereocenters. The predicted molar refractivity (Wildman–Crippen MR) is 96.3 cm³/mol. The van der Waals surface area contributed by atoms with E-state index in [1.54, 1.807) is 12.1 Å². The molecule has 0 saturated heterocycles. The summed E-state index contributed by atoms with van der Waals surface area (Å²) >= 11 is 0. The van der Waals surface area contributed by atoms with Crippen LogP contribution in [0, 0.1) is 0 Å². The van der Waals surface area contributed by atoms with E-state index in [4.69, 9.17) is 5.11 Å². The quantitative estimate of drug-likeness (QED) is 0.513. The van der Waals surface area contributed by atoms with Gasteiger partial charge in [0.2, 0.25) is 0 Å². The zero-order valence-electron chi connectivity index (χ0n) is 14.1. The first kappa shape index (κ1) is 17.9. The van der Waals surface area contributed by atoms with Crippen molar-refractivity contribution in [1.29, 1.82) is 0 Å². The average Bonchev–Trinajstić information content (AvgIpc) is 2.60. The lowest BCUT2D eigenvalue weighted by Gasteiger charge is -2.06. The number of aliphatic carboxylic acids is 1. The molecule has 0 aliphatic rings. The Hall–Kier alpha value is -2.42. The molecular formula is C21H24O3. The maximum Gasteiger partial charge on any atom is 0.303 e. The highest BCUT2D eigenvalue weighted by molar-refractivity contribution is 5.97. The minimum Gasteiger partial charge on any atom is -0.481 e. The lowest BCUT2D eigenvalue weighted by molar-refractivity contribution is -0.136. The first-order valence-corrected chi connectivity index (χ1v) is 8.54. The van der Waals surface area contributed by atoms with Gasteiger partial charge in [-0.3, -0.25) is 9.59 Å². The van der Waals surface area contributed by atoms with Gasteiger partial charge in [0.05, 0.1) is 6.42 Å². The van der Waals surface area contributed by atoms with Gasteiger partial charge in [-0.15, -0.1) is 0 Å². The van der Waals surface area contributed by atoms with Crippen molar-refractivity contribution in [2.45, 2.75) is 45.4 Å². The summed E-state index contributed by atoms with van der Waals surface area (Å²) in [6, 6.07) is 15.9. The molecule has 126 valence electrons. The second kappa shape index (κ2) is 9.02. The van der Waals surface area contributed by atoms with E-state index in [1.807, 2.05) is 12.1 Å². The highest BCUT2D eigenvalue weighted by Crippen LogP contribution is 2.21. The second-order valence-corrected chi connectivity index (χ2v) is 6.05. The van der Waals surface area contributed by atoms with Crippen molar-refractivity contribution in [3.63, 3.8) is 0 Å². The van der Waals surface area contributed by atoms with E-state index in [0.717, 1.165) is 17.5 Å². The van der Waals surface area contributed by atoms with E-state index in [0.29, 0.717) is 5.56 Å². The summed E-state index contributed by atoms with van der Waals surface area (Å²) in [4.78, 5) is 22.4. The Balaban J connectivity index is 1.99. The van der Waals surface area contributed by atoms with Crippen LogP contribution in [-0.4, -0.2) is 16.9 Å². The molecule has 0 amide bonds. The van der Waals surface area contributed by atoms with Crippen LogP contribution in [0.3, 0.4) is 0 Å². The van der Waals surface area contributed by atoms with Gasteiger partial charge < -0.3 is 5.11 Å². The molecule has 3 heteroatoms. The monoisotopic (exact) mass is 324 g/mol. The van der Waals surface area contributed by atoms with Gasteiger partial charge >= 0.3 is 5.97 Å². The number of carbonyl (C=O) groups excluding carboxylic acids is 1. The number of hydrogen-bond acceptors (Lipinski definition) is 2. The van der Waals surface area contributed by atoms with Crippen molar-refractivity contribution in [2.24, 2.45) is 0 Å². The third-order valence-corrected chi connectivity index (χ3v) is 4.13. The Morgan fingerprint density at radius 3 is 1.96 bits per heavy atom. The Bertz CT molecular complexity index is 669. The molecule has 3 nitrogen and oxygen atoms in total. The first-order chi connectivity index (χ1) is 11.6. The van der Waals surface area contributed by atoms with E-state index >= 15 is 0 Å². The van der Waals surface area contributed by atoms with Crippen molar-refractivity contribution in [3.05, 3.63) is 59.7 Å². The normalized spacial score (nSPS) is 10.5. The number of carbonyl (C=O) groups is 2. The van der Waals surface area contributed by atoms with Crippen molar-refractivity contribution in [2.75, 3.05) is 0 Å². The highest BCUT2D eigenvalue weighted by atomic mass is 16.4. The largest absolute Gasteiger partial charge is 0.481 e. The summed E-state index contributed by atoms with van der Waals surface area (Å²) < 4.78 is 0. The summed E-state index contributed by atoms with van der Waals surface area (Å²) in [5.74, 6) is -1.07. The van der Waals surface area contributed by atoms with E-state index < -0.39 is 5.97 Å². The van der Waals surface area contributed by atoms with Gasteiger partial charge in [-0.25, -0.2) is 0 Å². The van der Waals surface area contributed by atoms with Crippen LogP contribution in [0.1, 0.15) is 54.9 Å². The van der Waals surface area contributed by atoms with Crippen LogP contribution in [0.25, 0.3) is 11.1 Å². The number of carboxylic acids is 1. The SMILES string of the molecule is CCCCCc1ccc(-c2ccc(C(=O)CCC(=O)O)cc2)cc1. The first-order valence-electron chi connectivity index (χ1n) is 8.54. The Morgan fingerprint density at radius 2 is 1.42 bits per heavy atom. The number of unbranched alkanes of at least 4 members (excludes halogenated alkanes) is 2. The molecule has 0 aliphatic heterocycles. The van der Waals surface area contributed by atoms with Crippen LogP contribution in [0.15, 0.2) is 48.5 Å². The molecule has 0 aromatic heterocycles. The summed E-state index contributed by atoms with van der Waals surface area (Å²) in [5.41, 5.74) is 4.10. The summed E-state index contributed by atoms with van der Waals surface area (Å²) in [5, 5.41) is 8.64. The number of ketones is 1. The van der Waals surface area contributed by atoms with Gasteiger partial charge in [0, 0.05) is 12.0 Å². The molecule has 0 saturated carbocycles. The van der Waals surface area contributed by atoms with Crippen LogP contribution < -0.4 is 0 Å². The summed E-state index contributed by atoms with van der Waals surface area (Å²) in [7, 11) is 0. The predicted octanol–water partition coefficient (Wildman–Crippen LogP) is 5.13. The van der Waals surface area contributed by atoms with Crippen LogP contribution in [0.2, 0.25) is 0 Å². The smallest absolute Gasteiger partial charge is 0.303 e. The standard InChI is InChI=1S/C21H24O3/c1-2-3-4-5-16-6-8-17(9-7-16)18-10-12-19(13-11-18)20(22)14-15-21(23)24/h6-13H,2-5,14-15H2,1H3,(H,23,24). The van der Waals surface area contributed by atoms with Crippen LogP contribution in [0.5, 0.6) is 0 Å². The van der Waals surface area contributed by atoms with Crippen LogP contribution >= 0.6 is 0 Å². The number of hydrogen-bond donors (Lipinski definition) is 1. The Kier molecular flexibility index (Phi) is 6.74. The molecule has 2 aromatic carbocycles. The van der Waals surface area contributed by atoms with Gasteiger partial charge in [-0.1, -0.05) is 68.3 Å². The Morgan fingerprint density at radius 1 is 0.833 bits per heavy atom. The minimum atomic E-state index is -0.945. The van der Waals surface area contributed by atoms with Gasteiger partial charge in [-0.2, -0.15) is 0 Å². The fourth-order valence-corrected chi connectivity index (χ4v) is 2.66. The van der Waals surface area contributed by atoms with E-state index in [2.05, 4.69) is 31.2 Å². The minimum absolute atomic E-state index is 0.0428. The number of carboxylic acid groups (broad SMARTS) is 1. The van der Waals surface area contributed by atoms with Gasteiger partial charge in [0.15, 0.2) is 5.78 Å². The van der Waals surface area contributed by atoms with E-state index in [1.165, 1.54) is 24.8 Å². The highest BCUT2D eigenvalue weighted by Gasteiger charge is 2.08. The third kappa shape index (κ3) is 5.34. The summed E-state index contributed by atoms with van der Waals surface area (Å²) in [6.45, 7) is 2.21. The molecule has 0 atom stereocenters. The molecule has 2 rings (SSSR count). The fourth-order valence-electron chi connectivity index (χ4n) is 2.66. The van der Waals surface area contributed by atoms with Crippen molar-refractivity contribution < 1.29 is 14.7 Å². The fraction of sp³-hybridized carbons (Fsp3) is 0.333. The van der Waals surface area contributed by atoms with Crippen molar-refractivity contribution in [3.8, 4) is 11.1 Å². The average molecular weight is 324 g/mol. The molecule has 0 radical (unpaired) electrons. The molecule has 2 aromatic rings. The molecule has 1 N–H and O–H groups in total. The maximum absolute atomic E-state index is 11.9. The third-order valence-electron chi connectivity index (χ3n) is 4.13. The summed E-state index contributed by atoms with van der Waals surface area (Å²) in [6.07, 6.45) is 4.75. The number of Topliss-reactive ketones (excluding diaryl/α,β-unsaturated/α-hetero) is 1. The van der Waals surface area contributed by atoms with Crippen molar-refractivity contribution >= 4 is 11.8 Å². The number of aryl methyl sites for hydroxylation is 1. The number of rotatable bonds is 9. The Labute approximate surface area is 143 Å². The van der Waals surface area contributed by atoms with Gasteiger partial charge in [0.1, 0.15) is 0 Å². The lowest BCUT2D eigenvalue weighted by atomic mass is 9.99.